The Balaban J connectivity index is 1.42. The minimum absolute atomic E-state index is 0.145. The van der Waals surface area contributed by atoms with Crippen LogP contribution < -0.4 is 10.1 Å². The standard InChI is InChI=1S/C30H36BrFN4O4/c1-39-19-30(38)13-6-5-9-26(30)36-20-34-27(28(36)21-7-3-2-4-8-21)29(37)35-15-14-33-18-23(35)12-16-40-25-11-10-22(31)17-24(25)32/h2-4,7-8,10-11,17,20,23,26,33,38H,5-6,9,12-16,18-19H2,1H3/t23-,26-,30-/m1/s1. The number of amides is 1. The Labute approximate surface area is 242 Å². The predicted molar refractivity (Wildman–Crippen MR) is 154 cm³/mol. The fraction of sp³-hybridized carbons (Fsp3) is 0.467. The molecule has 3 atom stereocenters. The Hall–Kier alpha value is -2.79. The van der Waals surface area contributed by atoms with Crippen LogP contribution in [0.25, 0.3) is 11.3 Å². The number of ether oxygens (including phenoxy) is 2. The molecule has 1 aliphatic carbocycles. The Bertz CT molecular complexity index is 1300. The van der Waals surface area contributed by atoms with Crippen LogP contribution in [0.2, 0.25) is 0 Å². The summed E-state index contributed by atoms with van der Waals surface area (Å²) in [4.78, 5) is 20.7. The van der Waals surface area contributed by atoms with Crippen LogP contribution in [-0.4, -0.2) is 77.1 Å². The fourth-order valence-corrected chi connectivity index (χ4v) is 6.31. The van der Waals surface area contributed by atoms with Gasteiger partial charge in [0.1, 0.15) is 5.60 Å². The second-order valence-electron chi connectivity index (χ2n) is 10.6. The highest BCUT2D eigenvalue weighted by Crippen LogP contribution is 2.41. The number of nitrogens with one attached hydrogen (secondary N) is 1. The minimum Gasteiger partial charge on any atom is -0.490 e. The second-order valence-corrected chi connectivity index (χ2v) is 11.5. The third-order valence-corrected chi connectivity index (χ3v) is 8.44. The van der Waals surface area contributed by atoms with E-state index in [4.69, 9.17) is 9.47 Å². The number of benzene rings is 2. The number of carbonyl (C=O) groups is 1. The minimum atomic E-state index is -1.05. The van der Waals surface area contributed by atoms with Crippen LogP contribution in [0, 0.1) is 5.82 Å². The lowest BCUT2D eigenvalue weighted by atomic mass is 9.80. The summed E-state index contributed by atoms with van der Waals surface area (Å²) in [5.74, 6) is -0.408. The first-order chi connectivity index (χ1) is 19.4. The normalized spacial score (nSPS) is 23.2. The molecular formula is C30H36BrFN4O4. The quantitative estimate of drug-likeness (QED) is 0.359. The van der Waals surface area contributed by atoms with E-state index in [9.17, 15) is 14.3 Å². The number of piperazine rings is 1. The maximum atomic E-state index is 14.2. The third kappa shape index (κ3) is 6.10. The van der Waals surface area contributed by atoms with Gasteiger partial charge in [-0.1, -0.05) is 59.1 Å². The van der Waals surface area contributed by atoms with Gasteiger partial charge in [0.15, 0.2) is 17.3 Å². The lowest BCUT2D eigenvalue weighted by molar-refractivity contribution is -0.0893. The van der Waals surface area contributed by atoms with Gasteiger partial charge in [-0.05, 0) is 31.0 Å². The molecule has 0 bridgehead atoms. The van der Waals surface area contributed by atoms with Gasteiger partial charge in [0, 0.05) is 49.2 Å². The Morgan fingerprint density at radius 2 is 2.08 bits per heavy atom. The second kappa shape index (κ2) is 12.8. The maximum Gasteiger partial charge on any atom is 0.275 e. The molecule has 1 aliphatic heterocycles. The maximum absolute atomic E-state index is 14.2. The van der Waals surface area contributed by atoms with Crippen molar-refractivity contribution in [2.45, 2.75) is 49.8 Å². The molecule has 10 heteroatoms. The van der Waals surface area contributed by atoms with Gasteiger partial charge in [-0.3, -0.25) is 4.79 Å². The van der Waals surface area contributed by atoms with E-state index in [2.05, 4.69) is 26.2 Å². The number of nitrogens with zero attached hydrogens (tertiary/aromatic N) is 3. The van der Waals surface area contributed by atoms with Crippen LogP contribution in [0.5, 0.6) is 5.75 Å². The molecule has 3 aromatic rings. The molecule has 2 aromatic carbocycles. The summed E-state index contributed by atoms with van der Waals surface area (Å²) in [5.41, 5.74) is 0.893. The number of rotatable bonds is 9. The zero-order valence-corrected chi connectivity index (χ0v) is 24.3. The molecule has 5 rings (SSSR count). The van der Waals surface area contributed by atoms with E-state index >= 15 is 0 Å². The van der Waals surface area contributed by atoms with Crippen molar-refractivity contribution in [3.63, 3.8) is 0 Å². The summed E-state index contributed by atoms with van der Waals surface area (Å²) in [6.45, 7) is 2.28. The van der Waals surface area contributed by atoms with Crippen molar-refractivity contribution >= 4 is 21.8 Å². The highest BCUT2D eigenvalue weighted by atomic mass is 79.9. The van der Waals surface area contributed by atoms with Gasteiger partial charge < -0.3 is 29.4 Å². The molecule has 2 heterocycles. The van der Waals surface area contributed by atoms with Crippen molar-refractivity contribution < 1.29 is 23.8 Å². The molecule has 40 heavy (non-hydrogen) atoms. The average Bonchev–Trinajstić information content (AvgIpc) is 3.39. The number of aromatic nitrogens is 2. The van der Waals surface area contributed by atoms with E-state index in [0.717, 1.165) is 24.8 Å². The van der Waals surface area contributed by atoms with Gasteiger partial charge >= 0.3 is 0 Å². The molecule has 2 N–H and O–H groups in total. The van der Waals surface area contributed by atoms with Crippen molar-refractivity contribution in [3.05, 3.63) is 70.8 Å². The van der Waals surface area contributed by atoms with Crippen molar-refractivity contribution in [2.24, 2.45) is 0 Å². The van der Waals surface area contributed by atoms with Crippen LogP contribution in [0.1, 0.15) is 48.6 Å². The van der Waals surface area contributed by atoms with E-state index in [1.54, 1.807) is 25.6 Å². The van der Waals surface area contributed by atoms with E-state index < -0.39 is 11.4 Å². The Morgan fingerprint density at radius 1 is 1.25 bits per heavy atom. The summed E-state index contributed by atoms with van der Waals surface area (Å²) in [7, 11) is 1.60. The summed E-state index contributed by atoms with van der Waals surface area (Å²) in [6, 6.07) is 14.0. The third-order valence-electron chi connectivity index (χ3n) is 7.94. The number of hydrogen-bond donors (Lipinski definition) is 2. The molecule has 0 unspecified atom stereocenters. The number of halogens is 2. The SMILES string of the molecule is COC[C@]1(O)CCCC[C@H]1n1cnc(C(=O)N2CCNC[C@H]2CCOc2ccc(Br)cc2F)c1-c1ccccc1. The molecule has 8 nitrogen and oxygen atoms in total. The number of imidazole rings is 1. The fourth-order valence-electron chi connectivity index (χ4n) is 5.98. The lowest BCUT2D eigenvalue weighted by Gasteiger charge is -2.41. The van der Waals surface area contributed by atoms with Crippen molar-refractivity contribution in [1.29, 1.82) is 0 Å². The zero-order chi connectivity index (χ0) is 28.1. The summed E-state index contributed by atoms with van der Waals surface area (Å²) in [5, 5.41) is 15.0. The van der Waals surface area contributed by atoms with Crippen LogP contribution in [-0.2, 0) is 4.74 Å². The van der Waals surface area contributed by atoms with Gasteiger partial charge in [0.2, 0.25) is 0 Å². The first-order valence-corrected chi connectivity index (χ1v) is 14.6. The van der Waals surface area contributed by atoms with Gasteiger partial charge in [-0.15, -0.1) is 0 Å². The predicted octanol–water partition coefficient (Wildman–Crippen LogP) is 4.83. The molecule has 0 spiro atoms. The average molecular weight is 616 g/mol. The van der Waals surface area contributed by atoms with Crippen LogP contribution in [0.4, 0.5) is 4.39 Å². The zero-order valence-electron chi connectivity index (χ0n) is 22.7. The molecular weight excluding hydrogens is 579 g/mol. The largest absolute Gasteiger partial charge is 0.490 e. The van der Waals surface area contributed by atoms with E-state index in [1.807, 2.05) is 39.8 Å². The monoisotopic (exact) mass is 614 g/mol. The highest BCUT2D eigenvalue weighted by Gasteiger charge is 2.42. The highest BCUT2D eigenvalue weighted by molar-refractivity contribution is 9.10. The number of hydrogen-bond acceptors (Lipinski definition) is 6. The van der Waals surface area contributed by atoms with Crippen LogP contribution in [0.15, 0.2) is 59.3 Å². The molecule has 1 aromatic heterocycles. The van der Waals surface area contributed by atoms with E-state index in [-0.39, 0.29) is 37.0 Å². The molecule has 1 amide bonds. The Kier molecular flexibility index (Phi) is 9.20. The van der Waals surface area contributed by atoms with Crippen molar-refractivity contribution in [3.8, 4) is 17.0 Å². The number of methoxy groups -OCH3 is 1. The first-order valence-electron chi connectivity index (χ1n) is 13.8. The topological polar surface area (TPSA) is 88.8 Å². The molecule has 1 saturated heterocycles. The molecule has 2 fully saturated rings. The van der Waals surface area contributed by atoms with Crippen molar-refractivity contribution in [1.82, 2.24) is 19.8 Å². The lowest BCUT2D eigenvalue weighted by Crippen LogP contribution is -2.54. The van der Waals surface area contributed by atoms with Gasteiger partial charge in [-0.25, -0.2) is 9.37 Å². The number of aliphatic hydroxyl groups is 1. The molecule has 2 aliphatic rings. The van der Waals surface area contributed by atoms with Gasteiger partial charge in [0.05, 0.1) is 31.3 Å². The van der Waals surface area contributed by atoms with Gasteiger partial charge in [-0.2, -0.15) is 0 Å². The summed E-state index contributed by atoms with van der Waals surface area (Å²) >= 11 is 3.26. The molecule has 1 saturated carbocycles. The van der Waals surface area contributed by atoms with E-state index in [1.165, 1.54) is 6.07 Å². The molecule has 214 valence electrons. The summed E-state index contributed by atoms with van der Waals surface area (Å²) < 4.78 is 28.0. The molecule has 0 radical (unpaired) electrons. The van der Waals surface area contributed by atoms with Crippen molar-refractivity contribution in [2.75, 3.05) is 40.0 Å². The van der Waals surface area contributed by atoms with Crippen LogP contribution in [0.3, 0.4) is 0 Å². The summed E-state index contributed by atoms with van der Waals surface area (Å²) in [6.07, 6.45) is 5.52. The number of carbonyl (C=O) groups excluding carboxylic acids is 1. The Morgan fingerprint density at radius 3 is 2.85 bits per heavy atom. The smallest absolute Gasteiger partial charge is 0.275 e. The van der Waals surface area contributed by atoms with Crippen LogP contribution >= 0.6 is 15.9 Å². The van der Waals surface area contributed by atoms with Gasteiger partial charge in [0.25, 0.3) is 5.91 Å². The van der Waals surface area contributed by atoms with E-state index in [0.29, 0.717) is 48.3 Å². The first kappa shape index (κ1) is 28.7.